The number of aliphatic carboxylic acids is 1. The zero-order valence-electron chi connectivity index (χ0n) is 8.42. The van der Waals surface area contributed by atoms with Crippen LogP contribution in [-0.4, -0.2) is 22.2 Å². The second kappa shape index (κ2) is 4.86. The maximum Gasteiger partial charge on any atom is 0.323 e. The first-order chi connectivity index (χ1) is 8.20. The van der Waals surface area contributed by atoms with Gasteiger partial charge < -0.3 is 15.9 Å². The van der Waals surface area contributed by atoms with Gasteiger partial charge in [0.2, 0.25) is 5.82 Å². The first-order valence-electron chi connectivity index (χ1n) is 4.37. The number of halogens is 5. The Labute approximate surface area is 96.4 Å². The van der Waals surface area contributed by atoms with E-state index in [-0.39, 0.29) is 0 Å². The first-order valence-corrected chi connectivity index (χ1v) is 4.37. The summed E-state index contributed by atoms with van der Waals surface area (Å²) < 4.78 is 64.5. The van der Waals surface area contributed by atoms with Gasteiger partial charge in [0.05, 0.1) is 5.56 Å². The van der Waals surface area contributed by atoms with E-state index < -0.39 is 52.8 Å². The third-order valence-electron chi connectivity index (χ3n) is 2.16. The van der Waals surface area contributed by atoms with Crippen molar-refractivity contribution in [3.8, 4) is 0 Å². The summed E-state index contributed by atoms with van der Waals surface area (Å²) >= 11 is 0. The van der Waals surface area contributed by atoms with Gasteiger partial charge in [0.1, 0.15) is 12.1 Å². The van der Waals surface area contributed by atoms with E-state index in [1.54, 1.807) is 0 Å². The normalized spacial score (nSPS) is 14.4. The minimum atomic E-state index is -2.58. The smallest absolute Gasteiger partial charge is 0.323 e. The number of hydrogen-bond acceptors (Lipinski definition) is 3. The van der Waals surface area contributed by atoms with Crippen LogP contribution in [0.15, 0.2) is 0 Å². The van der Waals surface area contributed by atoms with Crippen molar-refractivity contribution in [1.29, 1.82) is 0 Å². The Morgan fingerprint density at radius 1 is 0.944 bits per heavy atom. The van der Waals surface area contributed by atoms with E-state index in [1.807, 2.05) is 0 Å². The van der Waals surface area contributed by atoms with Gasteiger partial charge in [-0.05, 0) is 0 Å². The monoisotopic (exact) mass is 271 g/mol. The minimum absolute atomic E-state index is 1.68. The first kappa shape index (κ1) is 14.3. The van der Waals surface area contributed by atoms with Crippen LogP contribution >= 0.6 is 0 Å². The molecule has 0 aliphatic heterocycles. The number of carbonyl (C=O) groups is 1. The maximum absolute atomic E-state index is 13.1. The number of carboxylic acid groups (broad SMARTS) is 1. The van der Waals surface area contributed by atoms with E-state index in [0.29, 0.717) is 0 Å². The average molecular weight is 271 g/mol. The van der Waals surface area contributed by atoms with Crippen molar-refractivity contribution in [3.05, 3.63) is 34.6 Å². The van der Waals surface area contributed by atoms with Crippen LogP contribution in [0.3, 0.4) is 0 Å². The number of aliphatic hydroxyl groups is 1. The minimum Gasteiger partial charge on any atom is -0.480 e. The zero-order chi connectivity index (χ0) is 14.2. The topological polar surface area (TPSA) is 83.6 Å². The molecule has 4 nitrogen and oxygen atoms in total. The van der Waals surface area contributed by atoms with E-state index in [9.17, 15) is 31.9 Å². The van der Waals surface area contributed by atoms with Crippen molar-refractivity contribution in [3.63, 3.8) is 0 Å². The van der Waals surface area contributed by atoms with Crippen molar-refractivity contribution in [1.82, 2.24) is 0 Å². The summed E-state index contributed by atoms with van der Waals surface area (Å²) in [5.74, 6) is -13.5. The molecular formula is C9H6F5NO3. The fourth-order valence-electron chi connectivity index (χ4n) is 1.20. The Kier molecular flexibility index (Phi) is 3.87. The van der Waals surface area contributed by atoms with Crippen LogP contribution in [0.1, 0.15) is 11.7 Å². The molecule has 9 heteroatoms. The summed E-state index contributed by atoms with van der Waals surface area (Å²) in [7, 11) is 0. The van der Waals surface area contributed by atoms with Crippen molar-refractivity contribution in [2.24, 2.45) is 5.73 Å². The predicted octanol–water partition coefficient (Wildman–Crippen LogP) is 0.827. The number of hydrogen-bond donors (Lipinski definition) is 3. The molecule has 0 fully saturated rings. The van der Waals surface area contributed by atoms with Gasteiger partial charge in [-0.15, -0.1) is 0 Å². The molecule has 1 aromatic carbocycles. The molecule has 1 aromatic rings. The van der Waals surface area contributed by atoms with Crippen LogP contribution in [0.4, 0.5) is 22.0 Å². The lowest BCUT2D eigenvalue weighted by molar-refractivity contribution is -0.141. The maximum atomic E-state index is 13.1. The predicted molar refractivity (Wildman–Crippen MR) is 46.8 cm³/mol. The second-order valence-corrected chi connectivity index (χ2v) is 3.29. The second-order valence-electron chi connectivity index (χ2n) is 3.29. The number of rotatable bonds is 3. The summed E-state index contributed by atoms with van der Waals surface area (Å²) in [5, 5.41) is 17.6. The van der Waals surface area contributed by atoms with Crippen molar-refractivity contribution >= 4 is 5.97 Å². The summed E-state index contributed by atoms with van der Waals surface area (Å²) in [5.41, 5.74) is 3.17. The Hall–Kier alpha value is -1.74. The third-order valence-corrected chi connectivity index (χ3v) is 2.16. The highest BCUT2D eigenvalue weighted by Crippen LogP contribution is 2.28. The molecule has 0 aromatic heterocycles. The van der Waals surface area contributed by atoms with Gasteiger partial charge in [-0.2, -0.15) is 0 Å². The lowest BCUT2D eigenvalue weighted by Gasteiger charge is -2.17. The number of nitrogens with two attached hydrogens (primary N) is 1. The summed E-state index contributed by atoms with van der Waals surface area (Å²) in [6.45, 7) is 0. The molecule has 0 amide bonds. The SMILES string of the molecule is N[C@H](C(=O)O)[C@H](O)c1c(F)c(F)c(F)c(F)c1F. The van der Waals surface area contributed by atoms with Crippen molar-refractivity contribution < 1.29 is 37.0 Å². The van der Waals surface area contributed by atoms with Crippen LogP contribution in [0.25, 0.3) is 0 Å². The van der Waals surface area contributed by atoms with Crippen molar-refractivity contribution in [2.75, 3.05) is 0 Å². The number of aliphatic hydroxyl groups excluding tert-OH is 1. The van der Waals surface area contributed by atoms with Gasteiger partial charge in [-0.25, -0.2) is 22.0 Å². The van der Waals surface area contributed by atoms with Crippen molar-refractivity contribution in [2.45, 2.75) is 12.1 Å². The molecule has 1 rings (SSSR count). The van der Waals surface area contributed by atoms with Crippen LogP contribution < -0.4 is 5.73 Å². The quantitative estimate of drug-likeness (QED) is 0.432. The lowest BCUT2D eigenvalue weighted by Crippen LogP contribution is -2.37. The van der Waals surface area contributed by atoms with Crippen LogP contribution in [0.5, 0.6) is 0 Å². The Bertz CT molecular complexity index is 478. The van der Waals surface area contributed by atoms with Gasteiger partial charge in [-0.1, -0.05) is 0 Å². The molecule has 0 aliphatic carbocycles. The fourth-order valence-corrected chi connectivity index (χ4v) is 1.20. The highest BCUT2D eigenvalue weighted by Gasteiger charge is 2.34. The van der Waals surface area contributed by atoms with Gasteiger partial charge in [0.15, 0.2) is 23.3 Å². The standard InChI is InChI=1S/C9H6F5NO3/c10-2-1(8(16)7(15)9(17)18)3(11)5(13)6(14)4(2)12/h7-8,16H,15H2,(H,17,18)/t7-,8+/m0/s1. The number of carboxylic acids is 1. The average Bonchev–Trinajstić information content (AvgIpc) is 2.32. The molecule has 0 aliphatic rings. The molecule has 0 spiro atoms. The molecule has 18 heavy (non-hydrogen) atoms. The summed E-state index contributed by atoms with van der Waals surface area (Å²) in [4.78, 5) is 10.4. The molecule has 100 valence electrons. The third kappa shape index (κ3) is 2.14. The highest BCUT2D eigenvalue weighted by atomic mass is 19.2. The van der Waals surface area contributed by atoms with Gasteiger partial charge in [-0.3, -0.25) is 4.79 Å². The molecule has 0 unspecified atom stereocenters. The van der Waals surface area contributed by atoms with Crippen LogP contribution in [0.2, 0.25) is 0 Å². The number of benzene rings is 1. The molecule has 0 bridgehead atoms. The Morgan fingerprint density at radius 3 is 1.61 bits per heavy atom. The Balaban J connectivity index is 3.46. The molecule has 2 atom stereocenters. The highest BCUT2D eigenvalue weighted by molar-refractivity contribution is 5.74. The van der Waals surface area contributed by atoms with E-state index in [2.05, 4.69) is 0 Å². The van der Waals surface area contributed by atoms with Crippen LogP contribution in [0, 0.1) is 29.1 Å². The Morgan fingerprint density at radius 2 is 1.28 bits per heavy atom. The fraction of sp³-hybridized carbons (Fsp3) is 0.222. The zero-order valence-corrected chi connectivity index (χ0v) is 8.42. The van der Waals surface area contributed by atoms with E-state index >= 15 is 0 Å². The van der Waals surface area contributed by atoms with E-state index in [1.165, 1.54) is 0 Å². The molecule has 0 heterocycles. The van der Waals surface area contributed by atoms with E-state index in [0.717, 1.165) is 0 Å². The van der Waals surface area contributed by atoms with Gasteiger partial charge >= 0.3 is 5.97 Å². The van der Waals surface area contributed by atoms with Gasteiger partial charge in [0, 0.05) is 0 Å². The molecule has 4 N–H and O–H groups in total. The lowest BCUT2D eigenvalue weighted by atomic mass is 10.0. The molecule has 0 saturated heterocycles. The largest absolute Gasteiger partial charge is 0.480 e. The van der Waals surface area contributed by atoms with Gasteiger partial charge in [0.25, 0.3) is 0 Å². The molecular weight excluding hydrogens is 265 g/mol. The summed E-state index contributed by atoms with van der Waals surface area (Å²) in [6.07, 6.45) is -2.58. The molecule has 0 saturated carbocycles. The van der Waals surface area contributed by atoms with Crippen LogP contribution in [-0.2, 0) is 4.79 Å². The van der Waals surface area contributed by atoms with E-state index in [4.69, 9.17) is 10.8 Å². The summed E-state index contributed by atoms with van der Waals surface area (Å²) in [6, 6.07) is -2.24. The molecule has 0 radical (unpaired) electrons.